The van der Waals surface area contributed by atoms with Crippen molar-refractivity contribution in [3.05, 3.63) is 46.2 Å². The van der Waals surface area contributed by atoms with E-state index in [0.717, 1.165) is 21.5 Å². The van der Waals surface area contributed by atoms with Crippen LogP contribution in [0.4, 0.5) is 0 Å². The molecule has 0 aliphatic carbocycles. The van der Waals surface area contributed by atoms with Crippen LogP contribution in [0, 0.1) is 11.3 Å². The van der Waals surface area contributed by atoms with E-state index in [9.17, 15) is 0 Å². The van der Waals surface area contributed by atoms with Gasteiger partial charge in [0.1, 0.15) is 0 Å². The van der Waals surface area contributed by atoms with Crippen LogP contribution in [0.15, 0.2) is 34.8 Å². The number of hydrogen-bond donors (Lipinski definition) is 0. The first-order chi connectivity index (χ1) is 8.61. The highest BCUT2D eigenvalue weighted by Gasteiger charge is 2.12. The first kappa shape index (κ1) is 12.8. The highest BCUT2D eigenvalue weighted by molar-refractivity contribution is 9.10. The molecule has 0 fully saturated rings. The Balaban J connectivity index is 2.48. The first-order valence-corrected chi connectivity index (χ1v) is 6.63. The molecule has 4 heteroatoms. The molecule has 0 unspecified atom stereocenters. The van der Waals surface area contributed by atoms with Gasteiger partial charge in [0.25, 0.3) is 0 Å². The molecule has 1 heterocycles. The smallest absolute Gasteiger partial charge is 0.0793 e. The Morgan fingerprint density at radius 2 is 2.00 bits per heavy atom. The normalized spacial score (nSPS) is 10.6. The molecule has 0 amide bonds. The van der Waals surface area contributed by atoms with E-state index in [2.05, 4.69) is 40.9 Å². The van der Waals surface area contributed by atoms with E-state index in [1.54, 1.807) is 0 Å². The summed E-state index contributed by atoms with van der Waals surface area (Å²) in [5.41, 5.74) is 2.97. The van der Waals surface area contributed by atoms with Gasteiger partial charge in [0.05, 0.1) is 23.9 Å². The van der Waals surface area contributed by atoms with Crippen molar-refractivity contribution in [3.63, 3.8) is 0 Å². The van der Waals surface area contributed by atoms with Crippen molar-refractivity contribution in [1.82, 2.24) is 9.78 Å². The van der Waals surface area contributed by atoms with Gasteiger partial charge in [-0.05, 0) is 36.2 Å². The molecule has 0 spiro atoms. The van der Waals surface area contributed by atoms with Crippen molar-refractivity contribution < 1.29 is 0 Å². The Hall–Kier alpha value is -1.60. The summed E-state index contributed by atoms with van der Waals surface area (Å²) in [7, 11) is 0. The van der Waals surface area contributed by atoms with Gasteiger partial charge in [-0.25, -0.2) is 4.68 Å². The molecule has 0 radical (unpaired) electrons. The predicted octanol–water partition coefficient (Wildman–Crippen LogP) is 3.82. The molecule has 0 atom stereocenters. The predicted molar refractivity (Wildman–Crippen MR) is 74.7 cm³/mol. The van der Waals surface area contributed by atoms with Crippen LogP contribution in [0.25, 0.3) is 5.69 Å². The van der Waals surface area contributed by atoms with Crippen molar-refractivity contribution in [1.29, 1.82) is 5.26 Å². The maximum absolute atomic E-state index is 8.76. The minimum atomic E-state index is 0.350. The number of rotatable bonds is 3. The van der Waals surface area contributed by atoms with Crippen molar-refractivity contribution in [3.8, 4) is 11.8 Å². The fraction of sp³-hybridized carbons (Fsp3) is 0.286. The third-order valence-electron chi connectivity index (χ3n) is 2.71. The second-order valence-electron chi connectivity index (χ2n) is 4.44. The van der Waals surface area contributed by atoms with E-state index in [0.29, 0.717) is 12.3 Å². The quantitative estimate of drug-likeness (QED) is 0.865. The zero-order chi connectivity index (χ0) is 13.1. The number of nitriles is 1. The minimum Gasteiger partial charge on any atom is -0.237 e. The summed E-state index contributed by atoms with van der Waals surface area (Å²) >= 11 is 3.42. The van der Waals surface area contributed by atoms with Gasteiger partial charge >= 0.3 is 0 Å². The monoisotopic (exact) mass is 303 g/mol. The van der Waals surface area contributed by atoms with E-state index >= 15 is 0 Å². The third-order valence-corrected chi connectivity index (χ3v) is 3.24. The Kier molecular flexibility index (Phi) is 3.83. The molecule has 0 N–H and O–H groups in total. The Morgan fingerprint density at radius 3 is 2.56 bits per heavy atom. The second-order valence-corrected chi connectivity index (χ2v) is 5.35. The average Bonchev–Trinajstić information content (AvgIpc) is 2.75. The zero-order valence-corrected chi connectivity index (χ0v) is 12.0. The zero-order valence-electron chi connectivity index (χ0n) is 10.4. The molecule has 1 aromatic carbocycles. The van der Waals surface area contributed by atoms with Gasteiger partial charge in [-0.3, -0.25) is 0 Å². The Labute approximate surface area is 115 Å². The van der Waals surface area contributed by atoms with Crippen LogP contribution in [0.3, 0.4) is 0 Å². The molecule has 2 rings (SSSR count). The summed E-state index contributed by atoms with van der Waals surface area (Å²) < 4.78 is 2.96. The molecule has 0 saturated carbocycles. The molecule has 0 saturated heterocycles. The summed E-state index contributed by atoms with van der Waals surface area (Å²) in [6.07, 6.45) is 0.350. The molecule has 0 aliphatic rings. The highest BCUT2D eigenvalue weighted by atomic mass is 79.9. The Morgan fingerprint density at radius 1 is 1.33 bits per heavy atom. The van der Waals surface area contributed by atoms with E-state index in [1.165, 1.54) is 0 Å². The van der Waals surface area contributed by atoms with Gasteiger partial charge in [0.15, 0.2) is 0 Å². The molecule has 1 aromatic heterocycles. The first-order valence-electron chi connectivity index (χ1n) is 5.83. The van der Waals surface area contributed by atoms with Crippen LogP contribution in [-0.2, 0) is 6.42 Å². The topological polar surface area (TPSA) is 41.6 Å². The molecule has 18 heavy (non-hydrogen) atoms. The average molecular weight is 304 g/mol. The van der Waals surface area contributed by atoms with Crippen LogP contribution in [0.5, 0.6) is 0 Å². The van der Waals surface area contributed by atoms with E-state index in [4.69, 9.17) is 5.26 Å². The largest absolute Gasteiger partial charge is 0.237 e. The number of benzene rings is 1. The van der Waals surface area contributed by atoms with Crippen LogP contribution in [0.2, 0.25) is 0 Å². The lowest BCUT2D eigenvalue weighted by Crippen LogP contribution is -2.03. The molecule has 92 valence electrons. The summed E-state index contributed by atoms with van der Waals surface area (Å²) in [5.74, 6) is 0.369. The number of halogens is 1. The lowest BCUT2D eigenvalue weighted by molar-refractivity contribution is 0.729. The maximum atomic E-state index is 8.76. The van der Waals surface area contributed by atoms with Crippen LogP contribution >= 0.6 is 15.9 Å². The van der Waals surface area contributed by atoms with E-state index in [-0.39, 0.29) is 0 Å². The lowest BCUT2D eigenvalue weighted by Gasteiger charge is -2.09. The molecular formula is C14H14BrN3. The highest BCUT2D eigenvalue weighted by Crippen LogP contribution is 2.21. The van der Waals surface area contributed by atoms with Gasteiger partial charge < -0.3 is 0 Å². The van der Waals surface area contributed by atoms with Crippen LogP contribution in [-0.4, -0.2) is 9.78 Å². The van der Waals surface area contributed by atoms with Gasteiger partial charge in [-0.2, -0.15) is 10.4 Å². The van der Waals surface area contributed by atoms with Gasteiger partial charge in [-0.15, -0.1) is 0 Å². The SMILES string of the molecule is CC(C)c1cc(CC#N)nn1-c1ccc(Br)cc1. The standard InChI is InChI=1S/C14H14BrN3/c1-10(2)14-9-12(7-8-16)17-18(14)13-5-3-11(15)4-6-13/h3-6,9-10H,7H2,1-2H3. The van der Waals surface area contributed by atoms with Crippen molar-refractivity contribution in [2.45, 2.75) is 26.2 Å². The summed E-state index contributed by atoms with van der Waals surface area (Å²) in [5, 5.41) is 13.3. The van der Waals surface area contributed by atoms with Crippen molar-refractivity contribution in [2.24, 2.45) is 0 Å². The molecule has 3 nitrogen and oxygen atoms in total. The summed E-state index contributed by atoms with van der Waals surface area (Å²) in [6, 6.07) is 12.2. The second kappa shape index (κ2) is 5.36. The fourth-order valence-electron chi connectivity index (χ4n) is 1.81. The lowest BCUT2D eigenvalue weighted by atomic mass is 10.1. The van der Waals surface area contributed by atoms with E-state index in [1.807, 2.05) is 35.0 Å². The third kappa shape index (κ3) is 2.62. The van der Waals surface area contributed by atoms with Crippen molar-refractivity contribution in [2.75, 3.05) is 0 Å². The molecule has 0 aliphatic heterocycles. The van der Waals surface area contributed by atoms with Gasteiger partial charge in [0.2, 0.25) is 0 Å². The number of hydrogen-bond acceptors (Lipinski definition) is 2. The van der Waals surface area contributed by atoms with Gasteiger partial charge in [0, 0.05) is 10.2 Å². The van der Waals surface area contributed by atoms with Crippen LogP contribution < -0.4 is 0 Å². The van der Waals surface area contributed by atoms with Crippen molar-refractivity contribution >= 4 is 15.9 Å². The maximum Gasteiger partial charge on any atom is 0.0793 e. The molecule has 0 bridgehead atoms. The molecule has 2 aromatic rings. The fourth-order valence-corrected chi connectivity index (χ4v) is 2.08. The molecular weight excluding hydrogens is 290 g/mol. The van der Waals surface area contributed by atoms with Crippen LogP contribution in [0.1, 0.15) is 31.2 Å². The Bertz CT molecular complexity index is 576. The minimum absolute atomic E-state index is 0.350. The van der Waals surface area contributed by atoms with E-state index < -0.39 is 0 Å². The summed E-state index contributed by atoms with van der Waals surface area (Å²) in [6.45, 7) is 4.26. The summed E-state index contributed by atoms with van der Waals surface area (Å²) in [4.78, 5) is 0. The van der Waals surface area contributed by atoms with Gasteiger partial charge in [-0.1, -0.05) is 29.8 Å². The number of nitrogens with zero attached hydrogens (tertiary/aromatic N) is 3. The number of aromatic nitrogens is 2.